The minimum atomic E-state index is -4.42. The van der Waals surface area contributed by atoms with E-state index in [0.717, 1.165) is 51.3 Å². The molecule has 164 valence electrons. The first-order valence-electron chi connectivity index (χ1n) is 10.1. The van der Waals surface area contributed by atoms with E-state index in [2.05, 4.69) is 15.0 Å². The number of aromatic nitrogens is 2. The molecule has 0 bridgehead atoms. The van der Waals surface area contributed by atoms with Gasteiger partial charge in [-0.05, 0) is 37.2 Å². The van der Waals surface area contributed by atoms with E-state index in [9.17, 15) is 17.6 Å². The van der Waals surface area contributed by atoms with E-state index >= 15 is 0 Å². The van der Waals surface area contributed by atoms with Crippen LogP contribution < -0.4 is 4.90 Å². The van der Waals surface area contributed by atoms with E-state index in [-0.39, 0.29) is 17.2 Å². The lowest BCUT2D eigenvalue weighted by Gasteiger charge is -2.36. The van der Waals surface area contributed by atoms with Crippen LogP contribution in [-0.4, -0.2) is 47.8 Å². The zero-order valence-corrected chi connectivity index (χ0v) is 16.8. The molecule has 4 rings (SSSR count). The Morgan fingerprint density at radius 2 is 1.74 bits per heavy atom. The second-order valence-electron chi connectivity index (χ2n) is 7.47. The Labute approximate surface area is 177 Å². The Hall–Kier alpha value is -2.94. The van der Waals surface area contributed by atoms with Crippen molar-refractivity contribution in [3.8, 4) is 11.4 Å². The van der Waals surface area contributed by atoms with Gasteiger partial charge >= 0.3 is 6.18 Å². The molecule has 31 heavy (non-hydrogen) atoms. The van der Waals surface area contributed by atoms with Gasteiger partial charge in [0.25, 0.3) is 0 Å². The first-order valence-corrected chi connectivity index (χ1v) is 10.1. The van der Waals surface area contributed by atoms with E-state index in [1.807, 2.05) is 11.0 Å². The van der Waals surface area contributed by atoms with Crippen molar-refractivity contribution in [3.05, 3.63) is 65.8 Å². The normalized spacial score (nSPS) is 15.4. The van der Waals surface area contributed by atoms with Gasteiger partial charge in [0.15, 0.2) is 0 Å². The third-order valence-electron chi connectivity index (χ3n) is 5.35. The van der Waals surface area contributed by atoms with Crippen molar-refractivity contribution in [2.24, 2.45) is 0 Å². The topological polar surface area (TPSA) is 45.4 Å². The van der Waals surface area contributed by atoms with Crippen molar-refractivity contribution in [1.82, 2.24) is 15.0 Å². The molecule has 1 fully saturated rings. The van der Waals surface area contributed by atoms with Gasteiger partial charge in [0.1, 0.15) is 5.82 Å². The fourth-order valence-electron chi connectivity index (χ4n) is 3.68. The number of benzene rings is 2. The first-order chi connectivity index (χ1) is 14.9. The summed E-state index contributed by atoms with van der Waals surface area (Å²) in [5.41, 5.74) is 0.162. The molecule has 9 heteroatoms. The molecular weight excluding hydrogens is 412 g/mol. The first kappa shape index (κ1) is 21.3. The molecule has 2 aromatic carbocycles. The van der Waals surface area contributed by atoms with Crippen LogP contribution in [0.2, 0.25) is 0 Å². The third-order valence-corrected chi connectivity index (χ3v) is 5.35. The monoisotopic (exact) mass is 434 g/mol. The molecule has 0 saturated carbocycles. The maximum Gasteiger partial charge on any atom is 0.416 e. The number of alkyl halides is 3. The fourth-order valence-corrected chi connectivity index (χ4v) is 3.68. The van der Waals surface area contributed by atoms with Gasteiger partial charge in [-0.2, -0.15) is 18.2 Å². The summed E-state index contributed by atoms with van der Waals surface area (Å²) in [7, 11) is 0. The van der Waals surface area contributed by atoms with Crippen LogP contribution in [0.3, 0.4) is 0 Å². The summed E-state index contributed by atoms with van der Waals surface area (Å²) in [6.07, 6.45) is -3.09. The number of piperazine rings is 1. The molecule has 1 aliphatic heterocycles. The Balaban J connectivity index is 1.26. The molecule has 0 atom stereocenters. The lowest BCUT2D eigenvalue weighted by Crippen LogP contribution is -2.47. The summed E-state index contributed by atoms with van der Waals surface area (Å²) < 4.78 is 57.8. The molecule has 5 nitrogen and oxygen atoms in total. The van der Waals surface area contributed by atoms with E-state index in [1.54, 1.807) is 12.1 Å². The maximum absolute atomic E-state index is 13.9. The number of anilines is 1. The van der Waals surface area contributed by atoms with Crippen LogP contribution in [0.5, 0.6) is 0 Å². The zero-order chi connectivity index (χ0) is 21.8. The van der Waals surface area contributed by atoms with Crippen molar-refractivity contribution < 1.29 is 22.1 Å². The standard InChI is InChI=1S/C22H22F4N4O/c23-18-7-1-2-8-19(18)30-13-11-29(12-14-30)10-4-9-20-27-21(28-31-20)16-5-3-6-17(15-16)22(24,25)26/h1-3,5-8,15H,4,9-14H2. The average Bonchev–Trinajstić information content (AvgIpc) is 3.23. The van der Waals surface area contributed by atoms with Crippen LogP contribution in [0.4, 0.5) is 23.2 Å². The van der Waals surface area contributed by atoms with Gasteiger partial charge in [0, 0.05) is 38.2 Å². The largest absolute Gasteiger partial charge is 0.416 e. The number of rotatable bonds is 6. The minimum absolute atomic E-state index is 0.152. The third kappa shape index (κ3) is 5.22. The fraction of sp³-hybridized carbons (Fsp3) is 0.364. The molecule has 0 spiro atoms. The summed E-state index contributed by atoms with van der Waals surface area (Å²) in [6, 6.07) is 11.7. The zero-order valence-electron chi connectivity index (χ0n) is 16.8. The number of halogens is 4. The quantitative estimate of drug-likeness (QED) is 0.529. The minimum Gasteiger partial charge on any atom is -0.367 e. The number of aryl methyl sites for hydroxylation is 1. The molecule has 3 aromatic rings. The Bertz CT molecular complexity index is 1010. The molecule has 0 aliphatic carbocycles. The Kier molecular flexibility index (Phi) is 6.22. The highest BCUT2D eigenvalue weighted by Gasteiger charge is 2.30. The molecule has 1 aromatic heterocycles. The van der Waals surface area contributed by atoms with E-state index in [0.29, 0.717) is 18.0 Å². The number of nitrogens with zero attached hydrogens (tertiary/aromatic N) is 4. The second kappa shape index (κ2) is 9.05. The van der Waals surface area contributed by atoms with Crippen molar-refractivity contribution in [2.45, 2.75) is 19.0 Å². The Morgan fingerprint density at radius 1 is 0.968 bits per heavy atom. The van der Waals surface area contributed by atoms with E-state index in [1.165, 1.54) is 18.2 Å². The molecule has 2 heterocycles. The van der Waals surface area contributed by atoms with Gasteiger partial charge in [-0.1, -0.05) is 29.4 Å². The van der Waals surface area contributed by atoms with Crippen LogP contribution in [0.25, 0.3) is 11.4 Å². The van der Waals surface area contributed by atoms with Gasteiger partial charge in [0.2, 0.25) is 11.7 Å². The summed E-state index contributed by atoms with van der Waals surface area (Å²) in [6.45, 7) is 3.98. The summed E-state index contributed by atoms with van der Waals surface area (Å²) >= 11 is 0. The second-order valence-corrected chi connectivity index (χ2v) is 7.47. The highest BCUT2D eigenvalue weighted by molar-refractivity contribution is 5.55. The number of hydrogen-bond donors (Lipinski definition) is 0. The highest BCUT2D eigenvalue weighted by atomic mass is 19.4. The molecule has 1 saturated heterocycles. The summed E-state index contributed by atoms with van der Waals surface area (Å²) in [5, 5.41) is 3.82. The van der Waals surface area contributed by atoms with Crippen LogP contribution in [0, 0.1) is 5.82 Å². The SMILES string of the molecule is Fc1ccccc1N1CCN(CCCc2nc(-c3cccc(C(F)(F)F)c3)no2)CC1. The molecule has 0 N–H and O–H groups in total. The van der Waals surface area contributed by atoms with Gasteiger partial charge < -0.3 is 9.42 Å². The molecule has 1 aliphatic rings. The number of hydrogen-bond acceptors (Lipinski definition) is 5. The molecule has 0 amide bonds. The molecule has 0 unspecified atom stereocenters. The molecular formula is C22H22F4N4O. The van der Waals surface area contributed by atoms with E-state index < -0.39 is 11.7 Å². The van der Waals surface area contributed by atoms with Gasteiger partial charge in [-0.25, -0.2) is 4.39 Å². The predicted octanol–water partition coefficient (Wildman–Crippen LogP) is 4.65. The van der Waals surface area contributed by atoms with Crippen molar-refractivity contribution in [2.75, 3.05) is 37.6 Å². The highest BCUT2D eigenvalue weighted by Crippen LogP contribution is 2.31. The van der Waals surface area contributed by atoms with E-state index in [4.69, 9.17) is 4.52 Å². The van der Waals surface area contributed by atoms with Crippen LogP contribution in [0.1, 0.15) is 17.9 Å². The average molecular weight is 434 g/mol. The summed E-state index contributed by atoms with van der Waals surface area (Å²) in [4.78, 5) is 8.57. The molecule has 0 radical (unpaired) electrons. The smallest absolute Gasteiger partial charge is 0.367 e. The van der Waals surface area contributed by atoms with Gasteiger partial charge in [0.05, 0.1) is 11.3 Å². The lowest BCUT2D eigenvalue weighted by atomic mass is 10.1. The van der Waals surface area contributed by atoms with Crippen molar-refractivity contribution in [3.63, 3.8) is 0 Å². The predicted molar refractivity (Wildman–Crippen MR) is 108 cm³/mol. The van der Waals surface area contributed by atoms with Gasteiger partial charge in [-0.3, -0.25) is 4.90 Å². The van der Waals surface area contributed by atoms with Crippen LogP contribution >= 0.6 is 0 Å². The summed E-state index contributed by atoms with van der Waals surface area (Å²) in [5.74, 6) is 0.348. The van der Waals surface area contributed by atoms with Crippen LogP contribution in [0.15, 0.2) is 53.1 Å². The van der Waals surface area contributed by atoms with Gasteiger partial charge in [-0.15, -0.1) is 0 Å². The lowest BCUT2D eigenvalue weighted by molar-refractivity contribution is -0.137. The number of para-hydroxylation sites is 1. The van der Waals surface area contributed by atoms with Crippen LogP contribution in [-0.2, 0) is 12.6 Å². The maximum atomic E-state index is 13.9. The Morgan fingerprint density at radius 3 is 2.48 bits per heavy atom. The van der Waals surface area contributed by atoms with Crippen molar-refractivity contribution in [1.29, 1.82) is 0 Å². The van der Waals surface area contributed by atoms with Crippen molar-refractivity contribution >= 4 is 5.69 Å².